The van der Waals surface area contributed by atoms with Crippen LogP contribution in [0.15, 0.2) is 42.5 Å². The molecule has 1 saturated heterocycles. The molecule has 2 aromatic rings. The van der Waals surface area contributed by atoms with E-state index in [1.807, 2.05) is 20.8 Å². The van der Waals surface area contributed by atoms with Crippen molar-refractivity contribution in [3.8, 4) is 16.9 Å². The van der Waals surface area contributed by atoms with Gasteiger partial charge < -0.3 is 20.1 Å². The Bertz CT molecular complexity index is 900. The fraction of sp³-hybridized carbons (Fsp3) is 0.364. The number of ether oxygens (including phenoxy) is 2. The monoisotopic (exact) mass is 400 g/mol. The van der Waals surface area contributed by atoms with Gasteiger partial charge in [-0.2, -0.15) is 0 Å². The minimum absolute atomic E-state index is 0.142. The molecule has 6 nitrogen and oxygen atoms in total. The van der Waals surface area contributed by atoms with Gasteiger partial charge in [-0.25, -0.2) is 9.18 Å². The molecule has 0 saturated carbocycles. The summed E-state index contributed by atoms with van der Waals surface area (Å²) < 4.78 is 25.3. The molecular formula is C22H25FN2O4. The molecule has 1 aliphatic rings. The van der Waals surface area contributed by atoms with E-state index in [4.69, 9.17) is 15.2 Å². The standard InChI is InChI=1S/C22H25FN2O4/c1-22(2,3)29-21(27)25-11-14(12-25)13-28-19-9-8-17(10-18(19)23)15-4-6-16(7-5-15)20(24)26/h4-10,14H,11-13H2,1-3H3,(H2,24,26). The summed E-state index contributed by atoms with van der Waals surface area (Å²) in [5.74, 6) is -0.668. The quantitative estimate of drug-likeness (QED) is 0.827. The first-order valence-electron chi connectivity index (χ1n) is 9.43. The van der Waals surface area contributed by atoms with Gasteiger partial charge in [-0.15, -0.1) is 0 Å². The molecule has 1 aliphatic heterocycles. The fourth-order valence-corrected chi connectivity index (χ4v) is 2.98. The number of nitrogens with zero attached hydrogens (tertiary/aromatic N) is 1. The van der Waals surface area contributed by atoms with Crippen LogP contribution in [-0.2, 0) is 4.74 Å². The molecule has 0 aromatic heterocycles. The predicted octanol–water partition coefficient (Wildman–Crippen LogP) is 3.84. The van der Waals surface area contributed by atoms with E-state index in [0.717, 1.165) is 5.56 Å². The van der Waals surface area contributed by atoms with E-state index in [1.165, 1.54) is 6.07 Å². The lowest BCUT2D eigenvalue weighted by Gasteiger charge is -2.39. The molecular weight excluding hydrogens is 375 g/mol. The van der Waals surface area contributed by atoms with Gasteiger partial charge >= 0.3 is 6.09 Å². The molecule has 2 amide bonds. The summed E-state index contributed by atoms with van der Waals surface area (Å²) >= 11 is 0. The van der Waals surface area contributed by atoms with Gasteiger partial charge in [-0.3, -0.25) is 4.79 Å². The molecule has 0 aliphatic carbocycles. The zero-order chi connectivity index (χ0) is 21.2. The third-order valence-corrected chi connectivity index (χ3v) is 4.52. The lowest BCUT2D eigenvalue weighted by molar-refractivity contribution is -0.00805. The molecule has 1 heterocycles. The molecule has 0 bridgehead atoms. The average molecular weight is 400 g/mol. The van der Waals surface area contributed by atoms with Gasteiger partial charge in [-0.1, -0.05) is 18.2 Å². The molecule has 0 radical (unpaired) electrons. The Hall–Kier alpha value is -3.09. The maximum Gasteiger partial charge on any atom is 0.410 e. The molecule has 29 heavy (non-hydrogen) atoms. The first-order valence-corrected chi connectivity index (χ1v) is 9.43. The number of amides is 2. The van der Waals surface area contributed by atoms with Crippen LogP contribution >= 0.6 is 0 Å². The van der Waals surface area contributed by atoms with Gasteiger partial charge in [0.2, 0.25) is 5.91 Å². The van der Waals surface area contributed by atoms with Crippen molar-refractivity contribution in [3.05, 3.63) is 53.8 Å². The molecule has 3 rings (SSSR count). The van der Waals surface area contributed by atoms with Crippen molar-refractivity contribution in [2.75, 3.05) is 19.7 Å². The van der Waals surface area contributed by atoms with Crippen molar-refractivity contribution in [1.29, 1.82) is 0 Å². The molecule has 0 spiro atoms. The number of rotatable bonds is 5. The van der Waals surface area contributed by atoms with Crippen LogP contribution in [0.25, 0.3) is 11.1 Å². The lowest BCUT2D eigenvalue weighted by atomic mass is 10.0. The van der Waals surface area contributed by atoms with Gasteiger partial charge in [0.1, 0.15) is 5.60 Å². The highest BCUT2D eigenvalue weighted by atomic mass is 19.1. The van der Waals surface area contributed by atoms with Gasteiger partial charge in [0.05, 0.1) is 6.61 Å². The molecule has 2 aromatic carbocycles. The van der Waals surface area contributed by atoms with Crippen molar-refractivity contribution in [1.82, 2.24) is 4.90 Å². The predicted molar refractivity (Wildman–Crippen MR) is 107 cm³/mol. The third kappa shape index (κ3) is 5.25. The highest BCUT2D eigenvalue weighted by molar-refractivity contribution is 5.93. The first-order chi connectivity index (χ1) is 13.6. The zero-order valence-corrected chi connectivity index (χ0v) is 16.8. The normalized spacial score (nSPS) is 14.3. The Morgan fingerprint density at radius 2 is 1.72 bits per heavy atom. The van der Waals surface area contributed by atoms with Crippen molar-refractivity contribution >= 4 is 12.0 Å². The van der Waals surface area contributed by atoms with Crippen molar-refractivity contribution in [2.24, 2.45) is 11.7 Å². The largest absolute Gasteiger partial charge is 0.490 e. The summed E-state index contributed by atoms with van der Waals surface area (Å²) in [6, 6.07) is 11.4. The smallest absolute Gasteiger partial charge is 0.410 e. The summed E-state index contributed by atoms with van der Waals surface area (Å²) in [5.41, 5.74) is 6.55. The SMILES string of the molecule is CC(C)(C)OC(=O)N1CC(COc2ccc(-c3ccc(C(N)=O)cc3)cc2F)C1. The second-order valence-electron chi connectivity index (χ2n) is 8.15. The van der Waals surface area contributed by atoms with E-state index in [2.05, 4.69) is 0 Å². The summed E-state index contributed by atoms with van der Waals surface area (Å²) in [6.45, 7) is 6.85. The number of primary amides is 1. The Labute approximate surface area is 169 Å². The second kappa shape index (κ2) is 8.11. The summed E-state index contributed by atoms with van der Waals surface area (Å²) in [7, 11) is 0. The van der Waals surface area contributed by atoms with Gasteiger partial charge in [0.15, 0.2) is 11.6 Å². The zero-order valence-electron chi connectivity index (χ0n) is 16.8. The van der Waals surface area contributed by atoms with Crippen molar-refractivity contribution in [2.45, 2.75) is 26.4 Å². The number of hydrogen-bond acceptors (Lipinski definition) is 4. The van der Waals surface area contributed by atoms with Gasteiger partial charge in [0.25, 0.3) is 0 Å². The minimum Gasteiger partial charge on any atom is -0.490 e. The fourth-order valence-electron chi connectivity index (χ4n) is 2.98. The van der Waals surface area contributed by atoms with Gasteiger partial charge in [-0.05, 0) is 56.2 Å². The number of hydrogen-bond donors (Lipinski definition) is 1. The van der Waals surface area contributed by atoms with E-state index >= 15 is 0 Å². The third-order valence-electron chi connectivity index (χ3n) is 4.52. The molecule has 1 fully saturated rings. The van der Waals surface area contributed by atoms with E-state index in [9.17, 15) is 14.0 Å². The minimum atomic E-state index is -0.524. The topological polar surface area (TPSA) is 81.9 Å². The Balaban J connectivity index is 1.53. The van der Waals surface area contributed by atoms with Gasteiger partial charge in [0, 0.05) is 24.6 Å². The summed E-state index contributed by atoms with van der Waals surface area (Å²) in [6.07, 6.45) is -0.341. The summed E-state index contributed by atoms with van der Waals surface area (Å²) in [5, 5.41) is 0. The van der Waals surface area contributed by atoms with Crippen LogP contribution in [0.5, 0.6) is 5.75 Å². The van der Waals surface area contributed by atoms with Crippen LogP contribution in [0.4, 0.5) is 9.18 Å². The number of benzene rings is 2. The number of nitrogens with two attached hydrogens (primary N) is 1. The molecule has 7 heteroatoms. The lowest BCUT2D eigenvalue weighted by Crippen LogP contribution is -2.53. The van der Waals surface area contributed by atoms with Crippen LogP contribution in [0.1, 0.15) is 31.1 Å². The molecule has 0 unspecified atom stereocenters. The number of carbonyl (C=O) groups is 2. The average Bonchev–Trinajstić information content (AvgIpc) is 2.60. The van der Waals surface area contributed by atoms with Crippen molar-refractivity contribution in [3.63, 3.8) is 0 Å². The van der Waals surface area contributed by atoms with Crippen LogP contribution in [0, 0.1) is 11.7 Å². The Kier molecular flexibility index (Phi) is 5.77. The van der Waals surface area contributed by atoms with Crippen LogP contribution in [0.3, 0.4) is 0 Å². The van der Waals surface area contributed by atoms with E-state index in [1.54, 1.807) is 41.3 Å². The second-order valence-corrected chi connectivity index (χ2v) is 8.15. The molecule has 154 valence electrons. The van der Waals surface area contributed by atoms with Crippen molar-refractivity contribution < 1.29 is 23.5 Å². The van der Waals surface area contributed by atoms with Crippen LogP contribution < -0.4 is 10.5 Å². The van der Waals surface area contributed by atoms with E-state index < -0.39 is 17.3 Å². The molecule has 2 N–H and O–H groups in total. The summed E-state index contributed by atoms with van der Waals surface area (Å²) in [4.78, 5) is 24.7. The number of carbonyl (C=O) groups excluding carboxylic acids is 2. The highest BCUT2D eigenvalue weighted by Crippen LogP contribution is 2.27. The van der Waals surface area contributed by atoms with Crippen LogP contribution in [-0.4, -0.2) is 42.2 Å². The maximum absolute atomic E-state index is 14.4. The highest BCUT2D eigenvalue weighted by Gasteiger charge is 2.34. The van der Waals surface area contributed by atoms with E-state index in [0.29, 0.717) is 30.8 Å². The number of halogens is 1. The Morgan fingerprint density at radius 3 is 2.28 bits per heavy atom. The Morgan fingerprint density at radius 1 is 1.10 bits per heavy atom. The molecule has 0 atom stereocenters. The number of likely N-dealkylation sites (tertiary alicyclic amines) is 1. The first kappa shape index (κ1) is 20.6. The van der Waals surface area contributed by atoms with Crippen LogP contribution in [0.2, 0.25) is 0 Å². The van der Waals surface area contributed by atoms with E-state index in [-0.39, 0.29) is 17.8 Å². The maximum atomic E-state index is 14.4.